The molecule has 2 atom stereocenters. The predicted octanol–water partition coefficient (Wildman–Crippen LogP) is 2.96. The maximum atomic E-state index is 12.2. The van der Waals surface area contributed by atoms with Crippen LogP contribution in [-0.4, -0.2) is 29.2 Å². The van der Waals surface area contributed by atoms with E-state index in [-0.39, 0.29) is 6.61 Å². The third-order valence-electron chi connectivity index (χ3n) is 1.29. The Bertz CT molecular complexity index is 271. The third-order valence-corrected chi connectivity index (χ3v) is 2.60. The molecule has 0 saturated heterocycles. The first-order valence-corrected chi connectivity index (χ1v) is 7.00. The summed E-state index contributed by atoms with van der Waals surface area (Å²) in [5, 5.41) is 0. The lowest BCUT2D eigenvalue weighted by molar-refractivity contribution is -0.162. The van der Waals surface area contributed by atoms with Gasteiger partial charge in [0.25, 0.3) is 0 Å². The Hall–Kier alpha value is 0.540. The summed E-state index contributed by atoms with van der Waals surface area (Å²) in [4.78, 5) is 6.40. The number of hydrogen-bond donors (Lipinski definition) is 2. The van der Waals surface area contributed by atoms with Crippen LogP contribution in [0, 0.1) is 0 Å². The van der Waals surface area contributed by atoms with Crippen molar-refractivity contribution in [2.75, 3.05) is 13.2 Å². The van der Waals surface area contributed by atoms with Gasteiger partial charge in [0.2, 0.25) is 0 Å². The Morgan fingerprint density at radius 1 is 1.50 bits per heavy atom. The van der Waals surface area contributed by atoms with E-state index in [0.29, 0.717) is 0 Å². The molecule has 0 fully saturated rings. The zero-order valence-electron chi connectivity index (χ0n) is 8.20. The van der Waals surface area contributed by atoms with Crippen molar-refractivity contribution in [3.8, 4) is 0 Å². The molecule has 0 rings (SSSR count). The number of halogens is 4. The van der Waals surface area contributed by atoms with E-state index in [4.69, 9.17) is 20.9 Å². The van der Waals surface area contributed by atoms with Crippen molar-refractivity contribution in [2.24, 2.45) is 0 Å². The molecule has 0 amide bonds. The molecule has 1 N–H and O–H groups in total. The molecule has 0 saturated carbocycles. The molecule has 98 valence electrons. The van der Waals surface area contributed by atoms with Crippen molar-refractivity contribution in [3.05, 3.63) is 0 Å². The highest BCUT2D eigenvalue weighted by molar-refractivity contribution is 7.84. The summed E-state index contributed by atoms with van der Waals surface area (Å²) in [5.74, 6) is 0. The predicted molar refractivity (Wildman–Crippen MR) is 55.6 cm³/mol. The average Bonchev–Trinajstić information content (AvgIpc) is 1.93. The molecule has 0 heterocycles. The minimum absolute atomic E-state index is 0.113. The minimum atomic E-state index is -4.62. The number of ether oxygens (including phenoxy) is 1. The normalized spacial score (nSPS) is 20.2. The van der Waals surface area contributed by atoms with Gasteiger partial charge in [-0.15, -0.1) is 12.6 Å². The molecule has 0 spiro atoms. The van der Waals surface area contributed by atoms with Gasteiger partial charge in [-0.2, -0.15) is 13.2 Å². The molecule has 0 bridgehead atoms. The van der Waals surface area contributed by atoms with Crippen LogP contribution in [0.4, 0.5) is 13.2 Å². The molecule has 0 aliphatic heterocycles. The van der Waals surface area contributed by atoms with Crippen LogP contribution in [0.2, 0.25) is 0 Å². The first-order chi connectivity index (χ1) is 6.97. The summed E-state index contributed by atoms with van der Waals surface area (Å²) in [6.07, 6.45) is -6.18. The van der Waals surface area contributed by atoms with Crippen molar-refractivity contribution in [3.63, 3.8) is 0 Å². The Kier molecular flexibility index (Phi) is 6.13. The largest absolute Gasteiger partial charge is 0.423 e. The monoisotopic (exact) mass is 302 g/mol. The van der Waals surface area contributed by atoms with Gasteiger partial charge >= 0.3 is 13.1 Å². The van der Waals surface area contributed by atoms with E-state index in [1.54, 1.807) is 6.92 Å². The van der Waals surface area contributed by atoms with Gasteiger partial charge in [0, 0.05) is 17.8 Å². The summed E-state index contributed by atoms with van der Waals surface area (Å²) in [6.45, 7) is -3.55. The number of alkyl halides is 3. The standard InChI is InChI=1S/C6H11ClF3O4PS/c1-2-13-4-5(16,3-6(8,9)10)14-15(7,11)12/h16H,2-4H2,1H3,(H,11,12). The lowest BCUT2D eigenvalue weighted by Crippen LogP contribution is -2.36. The zero-order chi connectivity index (χ0) is 13.0. The fourth-order valence-corrected chi connectivity index (χ4v) is 2.57. The van der Waals surface area contributed by atoms with Crippen molar-refractivity contribution in [2.45, 2.75) is 24.5 Å². The van der Waals surface area contributed by atoms with Crippen molar-refractivity contribution in [1.82, 2.24) is 0 Å². The summed E-state index contributed by atoms with van der Waals surface area (Å²) in [5.41, 5.74) is 0. The van der Waals surface area contributed by atoms with E-state index >= 15 is 0 Å². The van der Waals surface area contributed by atoms with Gasteiger partial charge < -0.3 is 9.63 Å². The second kappa shape index (κ2) is 5.93. The molecule has 0 radical (unpaired) electrons. The van der Waals surface area contributed by atoms with Gasteiger partial charge in [0.15, 0.2) is 4.93 Å². The average molecular weight is 303 g/mol. The molecule has 0 aromatic rings. The Balaban J connectivity index is 4.68. The third kappa shape index (κ3) is 8.66. The first kappa shape index (κ1) is 16.5. The molecule has 0 aromatic carbocycles. The Labute approximate surface area is 101 Å². The minimum Gasteiger partial charge on any atom is -0.378 e. The van der Waals surface area contributed by atoms with E-state index in [1.807, 2.05) is 0 Å². The van der Waals surface area contributed by atoms with Crippen LogP contribution < -0.4 is 0 Å². The molecular formula is C6H11ClF3O4PS. The van der Waals surface area contributed by atoms with Gasteiger partial charge in [-0.25, -0.2) is 4.57 Å². The first-order valence-electron chi connectivity index (χ1n) is 4.07. The molecule has 0 aliphatic carbocycles. The fraction of sp³-hybridized carbons (Fsp3) is 1.00. The van der Waals surface area contributed by atoms with Crippen LogP contribution in [0.1, 0.15) is 13.3 Å². The second-order valence-electron chi connectivity index (χ2n) is 2.92. The van der Waals surface area contributed by atoms with Crippen LogP contribution in [0.5, 0.6) is 0 Å². The summed E-state index contributed by atoms with van der Waals surface area (Å²) >= 11 is 8.40. The molecule has 16 heavy (non-hydrogen) atoms. The summed E-state index contributed by atoms with van der Waals surface area (Å²) < 4.78 is 56.1. The van der Waals surface area contributed by atoms with E-state index in [9.17, 15) is 17.7 Å². The fourth-order valence-electron chi connectivity index (χ4n) is 0.894. The van der Waals surface area contributed by atoms with E-state index < -0.39 is 31.1 Å². The van der Waals surface area contributed by atoms with Gasteiger partial charge in [0.1, 0.15) is 0 Å². The maximum Gasteiger partial charge on any atom is 0.423 e. The van der Waals surface area contributed by atoms with Crippen LogP contribution >= 0.6 is 30.8 Å². The highest BCUT2D eigenvalue weighted by atomic mass is 35.7. The zero-order valence-corrected chi connectivity index (χ0v) is 10.7. The molecule has 0 aromatic heterocycles. The SMILES string of the molecule is CCOCC(S)(CC(F)(F)F)OP(=O)(O)Cl. The van der Waals surface area contributed by atoms with Crippen LogP contribution in [0.15, 0.2) is 0 Å². The van der Waals surface area contributed by atoms with Crippen LogP contribution in [0.3, 0.4) is 0 Å². The van der Waals surface area contributed by atoms with Crippen LogP contribution in [-0.2, 0) is 13.8 Å². The lowest BCUT2D eigenvalue weighted by atomic mass is 10.2. The van der Waals surface area contributed by atoms with Gasteiger partial charge in [-0.05, 0) is 6.92 Å². The number of thiol groups is 1. The Morgan fingerprint density at radius 2 is 2.00 bits per heavy atom. The quantitative estimate of drug-likeness (QED) is 0.450. The van der Waals surface area contributed by atoms with E-state index in [2.05, 4.69) is 17.2 Å². The topological polar surface area (TPSA) is 55.8 Å². The van der Waals surface area contributed by atoms with E-state index in [1.165, 1.54) is 0 Å². The van der Waals surface area contributed by atoms with E-state index in [0.717, 1.165) is 0 Å². The van der Waals surface area contributed by atoms with Crippen molar-refractivity contribution < 1.29 is 31.9 Å². The van der Waals surface area contributed by atoms with Crippen molar-refractivity contribution in [1.29, 1.82) is 0 Å². The van der Waals surface area contributed by atoms with Crippen molar-refractivity contribution >= 4 is 30.8 Å². The smallest absolute Gasteiger partial charge is 0.378 e. The summed E-state index contributed by atoms with van der Waals surface area (Å²) in [6, 6.07) is 0. The van der Waals surface area contributed by atoms with Crippen LogP contribution in [0.25, 0.3) is 0 Å². The molecule has 2 unspecified atom stereocenters. The van der Waals surface area contributed by atoms with Gasteiger partial charge in [-0.1, -0.05) is 0 Å². The number of rotatable bonds is 6. The Morgan fingerprint density at radius 3 is 2.31 bits per heavy atom. The lowest BCUT2D eigenvalue weighted by Gasteiger charge is -2.29. The number of hydrogen-bond acceptors (Lipinski definition) is 4. The molecule has 0 aliphatic rings. The second-order valence-corrected chi connectivity index (χ2v) is 6.10. The summed E-state index contributed by atoms with van der Waals surface area (Å²) in [7, 11) is 0. The van der Waals surface area contributed by atoms with Gasteiger partial charge in [0.05, 0.1) is 13.0 Å². The molecule has 10 heteroatoms. The molecule has 4 nitrogen and oxygen atoms in total. The highest BCUT2D eigenvalue weighted by Gasteiger charge is 2.45. The van der Waals surface area contributed by atoms with Gasteiger partial charge in [-0.3, -0.25) is 4.52 Å². The maximum absolute atomic E-state index is 12.2. The molecular weight excluding hydrogens is 292 g/mol. The highest BCUT2D eigenvalue weighted by Crippen LogP contribution is 2.54.